The molecule has 2 heterocycles. The number of nitrogens with two attached hydrogens (primary N) is 1. The van der Waals surface area contributed by atoms with E-state index in [1.807, 2.05) is 6.07 Å². The normalized spacial score (nSPS) is 10.6. The van der Waals surface area contributed by atoms with Crippen LogP contribution < -0.4 is 5.73 Å². The van der Waals surface area contributed by atoms with Crippen molar-refractivity contribution in [3.8, 4) is 0 Å². The maximum absolute atomic E-state index is 5.88. The van der Waals surface area contributed by atoms with Crippen molar-refractivity contribution < 1.29 is 0 Å². The van der Waals surface area contributed by atoms with E-state index < -0.39 is 0 Å². The Morgan fingerprint density at radius 1 is 1.55 bits per heavy atom. The number of nitrogen functional groups attached to an aromatic ring is 1. The molecule has 11 heavy (non-hydrogen) atoms. The number of pyridine rings is 1. The molecule has 0 saturated carbocycles. The molecule has 0 saturated heterocycles. The zero-order valence-corrected chi connectivity index (χ0v) is 6.39. The molecule has 0 atom stereocenters. The van der Waals surface area contributed by atoms with Crippen LogP contribution in [0.2, 0.25) is 5.02 Å². The van der Waals surface area contributed by atoms with Crippen molar-refractivity contribution >= 4 is 28.3 Å². The first-order valence-corrected chi connectivity index (χ1v) is 3.54. The standard InChI is InChI=1S/C7H6ClN3/c8-6-4-1-2-10-7(4)11-3-5(6)9/h1-3H,9H2,(H,10,11). The van der Waals surface area contributed by atoms with Crippen LogP contribution in [0.1, 0.15) is 0 Å². The Morgan fingerprint density at radius 3 is 3.18 bits per heavy atom. The highest BCUT2D eigenvalue weighted by Crippen LogP contribution is 2.25. The molecule has 0 aliphatic heterocycles. The number of H-pyrrole nitrogens is 1. The molecule has 0 amide bonds. The lowest BCUT2D eigenvalue weighted by Gasteiger charge is -1.96. The maximum Gasteiger partial charge on any atom is 0.138 e. The Balaban J connectivity index is 2.93. The van der Waals surface area contributed by atoms with Gasteiger partial charge in [-0.1, -0.05) is 11.6 Å². The number of nitrogens with zero attached hydrogens (tertiary/aromatic N) is 1. The lowest BCUT2D eigenvalue weighted by Crippen LogP contribution is -1.87. The summed E-state index contributed by atoms with van der Waals surface area (Å²) in [4.78, 5) is 6.97. The molecule has 2 aromatic rings. The number of aromatic nitrogens is 2. The van der Waals surface area contributed by atoms with Crippen molar-refractivity contribution in [2.75, 3.05) is 5.73 Å². The van der Waals surface area contributed by atoms with Gasteiger partial charge in [0, 0.05) is 11.6 Å². The van der Waals surface area contributed by atoms with Gasteiger partial charge in [-0.2, -0.15) is 0 Å². The molecule has 56 valence electrons. The number of halogens is 1. The van der Waals surface area contributed by atoms with Gasteiger partial charge in [-0.25, -0.2) is 4.98 Å². The number of rotatable bonds is 0. The largest absolute Gasteiger partial charge is 0.396 e. The van der Waals surface area contributed by atoms with Gasteiger partial charge < -0.3 is 10.7 Å². The van der Waals surface area contributed by atoms with Crippen molar-refractivity contribution in [1.82, 2.24) is 9.97 Å². The van der Waals surface area contributed by atoms with Gasteiger partial charge in [0.1, 0.15) is 5.65 Å². The van der Waals surface area contributed by atoms with E-state index in [-0.39, 0.29) is 0 Å². The predicted molar refractivity (Wildman–Crippen MR) is 45.5 cm³/mol. The molecule has 4 heteroatoms. The molecule has 2 aromatic heterocycles. The second kappa shape index (κ2) is 2.13. The number of aromatic amines is 1. The average Bonchev–Trinajstić information content (AvgIpc) is 2.45. The van der Waals surface area contributed by atoms with Crippen molar-refractivity contribution in [3.63, 3.8) is 0 Å². The first kappa shape index (κ1) is 6.49. The summed E-state index contributed by atoms with van der Waals surface area (Å²) in [6.07, 6.45) is 3.32. The smallest absolute Gasteiger partial charge is 0.138 e. The summed E-state index contributed by atoms with van der Waals surface area (Å²) in [5.74, 6) is 0. The minimum atomic E-state index is 0.513. The molecular weight excluding hydrogens is 162 g/mol. The number of fused-ring (bicyclic) bond motifs is 1. The minimum Gasteiger partial charge on any atom is -0.396 e. The van der Waals surface area contributed by atoms with Gasteiger partial charge in [0.2, 0.25) is 0 Å². The molecular formula is C7H6ClN3. The van der Waals surface area contributed by atoms with Gasteiger partial charge in [-0.15, -0.1) is 0 Å². The van der Waals surface area contributed by atoms with Crippen LogP contribution in [0.3, 0.4) is 0 Å². The van der Waals surface area contributed by atoms with Crippen molar-refractivity contribution in [1.29, 1.82) is 0 Å². The molecule has 0 aromatic carbocycles. The Kier molecular flexibility index (Phi) is 1.26. The van der Waals surface area contributed by atoms with Gasteiger partial charge in [0.25, 0.3) is 0 Å². The van der Waals surface area contributed by atoms with E-state index in [0.29, 0.717) is 10.7 Å². The molecule has 0 radical (unpaired) electrons. The molecule has 0 bridgehead atoms. The van der Waals surface area contributed by atoms with E-state index in [0.717, 1.165) is 11.0 Å². The average molecular weight is 168 g/mol. The Labute approximate surface area is 68.2 Å². The van der Waals surface area contributed by atoms with Crippen molar-refractivity contribution in [2.24, 2.45) is 0 Å². The van der Waals surface area contributed by atoms with E-state index in [1.54, 1.807) is 12.4 Å². The highest BCUT2D eigenvalue weighted by molar-refractivity contribution is 6.37. The molecule has 0 unspecified atom stereocenters. The van der Waals surface area contributed by atoms with Crippen LogP contribution in [0.25, 0.3) is 11.0 Å². The zero-order chi connectivity index (χ0) is 7.84. The molecule has 0 spiro atoms. The summed E-state index contributed by atoms with van der Waals surface area (Å²) in [7, 11) is 0. The van der Waals surface area contributed by atoms with Gasteiger partial charge in [-0.3, -0.25) is 0 Å². The SMILES string of the molecule is Nc1cnc2[nH]ccc2c1Cl. The fourth-order valence-electron chi connectivity index (χ4n) is 0.991. The van der Waals surface area contributed by atoms with Crippen LogP contribution in [0.15, 0.2) is 18.5 Å². The zero-order valence-electron chi connectivity index (χ0n) is 5.63. The number of anilines is 1. The van der Waals surface area contributed by atoms with E-state index >= 15 is 0 Å². The van der Waals surface area contributed by atoms with E-state index in [1.165, 1.54) is 0 Å². The number of nitrogens with one attached hydrogen (secondary N) is 1. The van der Waals surface area contributed by atoms with Crippen LogP contribution >= 0.6 is 11.6 Å². The minimum absolute atomic E-state index is 0.513. The van der Waals surface area contributed by atoms with Gasteiger partial charge >= 0.3 is 0 Å². The molecule has 3 N–H and O–H groups in total. The first-order valence-electron chi connectivity index (χ1n) is 3.16. The van der Waals surface area contributed by atoms with Crippen molar-refractivity contribution in [3.05, 3.63) is 23.5 Å². The summed E-state index contributed by atoms with van der Waals surface area (Å²) in [6, 6.07) is 1.85. The van der Waals surface area contributed by atoms with Crippen LogP contribution in [0, 0.1) is 0 Å². The summed E-state index contributed by atoms with van der Waals surface area (Å²) < 4.78 is 0. The Bertz CT molecular complexity index is 393. The Morgan fingerprint density at radius 2 is 2.36 bits per heavy atom. The third kappa shape index (κ3) is 0.851. The fourth-order valence-corrected chi connectivity index (χ4v) is 1.19. The third-order valence-corrected chi connectivity index (χ3v) is 1.97. The van der Waals surface area contributed by atoms with E-state index in [9.17, 15) is 0 Å². The lowest BCUT2D eigenvalue weighted by atomic mass is 10.3. The predicted octanol–water partition coefficient (Wildman–Crippen LogP) is 1.80. The molecule has 0 aliphatic rings. The summed E-state index contributed by atoms with van der Waals surface area (Å²) >= 11 is 5.88. The lowest BCUT2D eigenvalue weighted by molar-refractivity contribution is 1.33. The molecule has 0 aliphatic carbocycles. The summed E-state index contributed by atoms with van der Waals surface area (Å²) in [5, 5.41) is 1.43. The maximum atomic E-state index is 5.88. The highest BCUT2D eigenvalue weighted by Gasteiger charge is 2.03. The van der Waals surface area contributed by atoms with Crippen LogP contribution in [-0.4, -0.2) is 9.97 Å². The molecule has 0 fully saturated rings. The van der Waals surface area contributed by atoms with Crippen molar-refractivity contribution in [2.45, 2.75) is 0 Å². The highest BCUT2D eigenvalue weighted by atomic mass is 35.5. The first-order chi connectivity index (χ1) is 5.29. The number of hydrogen-bond donors (Lipinski definition) is 2. The van der Waals surface area contributed by atoms with Crippen LogP contribution in [0.5, 0.6) is 0 Å². The third-order valence-electron chi connectivity index (χ3n) is 1.55. The van der Waals surface area contributed by atoms with Gasteiger partial charge in [-0.05, 0) is 6.07 Å². The van der Waals surface area contributed by atoms with Gasteiger partial charge in [0.05, 0.1) is 16.9 Å². The van der Waals surface area contributed by atoms with Crippen LogP contribution in [-0.2, 0) is 0 Å². The number of hydrogen-bond acceptors (Lipinski definition) is 2. The fraction of sp³-hybridized carbons (Fsp3) is 0. The van der Waals surface area contributed by atoms with E-state index in [4.69, 9.17) is 17.3 Å². The monoisotopic (exact) mass is 167 g/mol. The van der Waals surface area contributed by atoms with E-state index in [2.05, 4.69) is 9.97 Å². The molecule has 3 nitrogen and oxygen atoms in total. The summed E-state index contributed by atoms with van der Waals surface area (Å²) in [6.45, 7) is 0. The second-order valence-electron chi connectivity index (χ2n) is 2.27. The van der Waals surface area contributed by atoms with Crippen LogP contribution in [0.4, 0.5) is 5.69 Å². The van der Waals surface area contributed by atoms with Gasteiger partial charge in [0.15, 0.2) is 0 Å². The quantitative estimate of drug-likeness (QED) is 0.629. The Hall–Kier alpha value is -1.22. The summed E-state index contributed by atoms with van der Waals surface area (Å²) in [5.41, 5.74) is 6.82. The molecule has 2 rings (SSSR count). The topological polar surface area (TPSA) is 54.7 Å². The second-order valence-corrected chi connectivity index (χ2v) is 2.65.